The van der Waals surface area contributed by atoms with Crippen molar-refractivity contribution >= 4 is 33.2 Å². The molecule has 1 aromatic rings. The summed E-state index contributed by atoms with van der Waals surface area (Å²) < 4.78 is 6.20. The number of hydrogen-bond donors (Lipinski definition) is 1. The lowest BCUT2D eigenvalue weighted by atomic mass is 10.00. The fourth-order valence-corrected chi connectivity index (χ4v) is 2.11. The van der Waals surface area contributed by atoms with E-state index in [-0.39, 0.29) is 5.60 Å². The molecule has 0 saturated carbocycles. The van der Waals surface area contributed by atoms with Gasteiger partial charge in [0.05, 0.1) is 22.0 Å². The minimum atomic E-state index is -0.135. The molecule has 1 heterocycles. The van der Waals surface area contributed by atoms with Gasteiger partial charge in [0.2, 0.25) is 0 Å². The van der Waals surface area contributed by atoms with E-state index in [1.165, 1.54) is 0 Å². The molecule has 0 radical (unpaired) electrons. The van der Waals surface area contributed by atoms with Crippen LogP contribution in [0.3, 0.4) is 0 Å². The molecule has 1 rings (SSSR count). The van der Waals surface area contributed by atoms with Crippen LogP contribution in [-0.2, 0) is 4.74 Å². The Balaban J connectivity index is 2.62. The van der Waals surface area contributed by atoms with Gasteiger partial charge in [-0.3, -0.25) is 0 Å². The van der Waals surface area contributed by atoms with Crippen LogP contribution in [0.2, 0.25) is 5.15 Å². The van der Waals surface area contributed by atoms with E-state index in [9.17, 15) is 0 Å². The fourth-order valence-electron chi connectivity index (χ4n) is 1.66. The van der Waals surface area contributed by atoms with Gasteiger partial charge in [-0.15, -0.1) is 0 Å². The third kappa shape index (κ3) is 4.82. The Bertz CT molecular complexity index is 385. The smallest absolute Gasteiger partial charge is 0.143 e. The third-order valence-corrected chi connectivity index (χ3v) is 3.69. The number of nitrogens with zero attached hydrogens (tertiary/aromatic N) is 1. The number of methoxy groups -OCH3 is 1. The van der Waals surface area contributed by atoms with E-state index < -0.39 is 0 Å². The maximum atomic E-state index is 5.84. The largest absolute Gasteiger partial charge is 0.381 e. The number of nitrogens with one attached hydrogen (secondary N) is 1. The molecular weight excluding hydrogens is 304 g/mol. The van der Waals surface area contributed by atoms with Crippen LogP contribution in [-0.4, -0.2) is 23.7 Å². The van der Waals surface area contributed by atoms with Crippen molar-refractivity contribution in [3.05, 3.63) is 21.9 Å². The second-order valence-electron chi connectivity index (χ2n) is 4.71. The highest BCUT2D eigenvalue weighted by Crippen LogP contribution is 2.24. The first-order chi connectivity index (χ1) is 7.84. The van der Waals surface area contributed by atoms with Gasteiger partial charge in [0.25, 0.3) is 0 Å². The summed E-state index contributed by atoms with van der Waals surface area (Å²) in [5, 5.41) is 3.84. The number of halogens is 2. The number of pyridine rings is 1. The number of anilines is 1. The van der Waals surface area contributed by atoms with Crippen molar-refractivity contribution in [2.24, 2.45) is 0 Å². The topological polar surface area (TPSA) is 34.1 Å². The second kappa shape index (κ2) is 6.03. The molecular formula is C12H18BrClN2O. The molecule has 0 saturated heterocycles. The Morgan fingerprint density at radius 3 is 2.76 bits per heavy atom. The molecule has 0 fully saturated rings. The normalized spacial score (nSPS) is 13.5. The molecule has 3 nitrogen and oxygen atoms in total. The van der Waals surface area contributed by atoms with E-state index in [1.807, 2.05) is 6.07 Å². The standard InChI is InChI=1S/C12H18BrClN2O/c1-8(6-12(2,3)17-4)16-9-5-10(13)11(14)15-7-9/h5,7-8,16H,6H2,1-4H3. The summed E-state index contributed by atoms with van der Waals surface area (Å²) in [6.07, 6.45) is 2.63. The van der Waals surface area contributed by atoms with Crippen molar-refractivity contribution in [2.75, 3.05) is 12.4 Å². The summed E-state index contributed by atoms with van der Waals surface area (Å²) in [6, 6.07) is 2.21. The summed E-state index contributed by atoms with van der Waals surface area (Å²) in [6.45, 7) is 6.26. The molecule has 5 heteroatoms. The van der Waals surface area contributed by atoms with Crippen LogP contribution in [0.4, 0.5) is 5.69 Å². The number of aromatic nitrogens is 1. The lowest BCUT2D eigenvalue weighted by molar-refractivity contribution is 0.0128. The van der Waals surface area contributed by atoms with E-state index in [2.05, 4.69) is 47.0 Å². The van der Waals surface area contributed by atoms with Gasteiger partial charge in [0.15, 0.2) is 0 Å². The van der Waals surface area contributed by atoms with E-state index >= 15 is 0 Å². The quantitative estimate of drug-likeness (QED) is 0.829. The van der Waals surface area contributed by atoms with Gasteiger partial charge >= 0.3 is 0 Å². The Kier molecular flexibility index (Phi) is 5.22. The predicted octanol–water partition coefficient (Wildman–Crippen LogP) is 4.11. The van der Waals surface area contributed by atoms with Crippen LogP contribution in [0, 0.1) is 0 Å². The number of hydrogen-bond acceptors (Lipinski definition) is 3. The van der Waals surface area contributed by atoms with Crippen molar-refractivity contribution in [3.63, 3.8) is 0 Å². The zero-order chi connectivity index (χ0) is 13.1. The molecule has 1 unspecified atom stereocenters. The van der Waals surface area contributed by atoms with Crippen LogP contribution < -0.4 is 5.32 Å². The van der Waals surface area contributed by atoms with Gasteiger partial charge < -0.3 is 10.1 Å². The van der Waals surface area contributed by atoms with Crippen molar-refractivity contribution in [3.8, 4) is 0 Å². The van der Waals surface area contributed by atoms with Crippen molar-refractivity contribution in [1.29, 1.82) is 0 Å². The van der Waals surface area contributed by atoms with Gasteiger partial charge in [0.1, 0.15) is 5.15 Å². The molecule has 0 aliphatic rings. The third-order valence-electron chi connectivity index (χ3n) is 2.56. The van der Waals surface area contributed by atoms with E-state index in [1.54, 1.807) is 13.3 Å². The lowest BCUT2D eigenvalue weighted by Crippen LogP contribution is -2.31. The highest BCUT2D eigenvalue weighted by molar-refractivity contribution is 9.10. The lowest BCUT2D eigenvalue weighted by Gasteiger charge is -2.27. The van der Waals surface area contributed by atoms with Gasteiger partial charge in [-0.25, -0.2) is 4.98 Å². The first-order valence-electron chi connectivity index (χ1n) is 5.47. The van der Waals surface area contributed by atoms with E-state index in [4.69, 9.17) is 16.3 Å². The number of rotatable bonds is 5. The SMILES string of the molecule is COC(C)(C)CC(C)Nc1cnc(Cl)c(Br)c1. The zero-order valence-corrected chi connectivity index (χ0v) is 12.9. The van der Waals surface area contributed by atoms with Crippen molar-refractivity contribution < 1.29 is 4.74 Å². The minimum absolute atomic E-state index is 0.135. The second-order valence-corrected chi connectivity index (χ2v) is 5.92. The van der Waals surface area contributed by atoms with Crippen LogP contribution in [0.15, 0.2) is 16.7 Å². The summed E-state index contributed by atoms with van der Waals surface area (Å²) in [5.41, 5.74) is 0.810. The summed E-state index contributed by atoms with van der Waals surface area (Å²) >= 11 is 9.19. The van der Waals surface area contributed by atoms with Crippen molar-refractivity contribution in [2.45, 2.75) is 38.8 Å². The maximum absolute atomic E-state index is 5.84. The number of ether oxygens (including phenoxy) is 1. The van der Waals surface area contributed by atoms with Crippen LogP contribution in [0.5, 0.6) is 0 Å². The molecule has 0 bridgehead atoms. The summed E-state index contributed by atoms with van der Waals surface area (Å²) in [7, 11) is 1.73. The Hall–Kier alpha value is -0.320. The molecule has 1 N–H and O–H groups in total. The van der Waals surface area contributed by atoms with Gasteiger partial charge in [-0.05, 0) is 49.2 Å². The van der Waals surface area contributed by atoms with Crippen LogP contribution in [0.25, 0.3) is 0 Å². The molecule has 0 aromatic carbocycles. The molecule has 1 aromatic heterocycles. The monoisotopic (exact) mass is 320 g/mol. The average Bonchev–Trinajstić information content (AvgIpc) is 2.23. The van der Waals surface area contributed by atoms with E-state index in [0.717, 1.165) is 16.6 Å². The summed E-state index contributed by atoms with van der Waals surface area (Å²) in [5.74, 6) is 0. The molecule has 17 heavy (non-hydrogen) atoms. The zero-order valence-electron chi connectivity index (χ0n) is 10.6. The molecule has 0 aliphatic carbocycles. The predicted molar refractivity (Wildman–Crippen MR) is 75.7 cm³/mol. The van der Waals surface area contributed by atoms with Gasteiger partial charge in [0, 0.05) is 13.2 Å². The molecule has 0 amide bonds. The fraction of sp³-hybridized carbons (Fsp3) is 0.583. The van der Waals surface area contributed by atoms with Crippen LogP contribution in [0.1, 0.15) is 27.2 Å². The highest BCUT2D eigenvalue weighted by atomic mass is 79.9. The maximum Gasteiger partial charge on any atom is 0.143 e. The Morgan fingerprint density at radius 2 is 2.24 bits per heavy atom. The van der Waals surface area contributed by atoms with Gasteiger partial charge in [-0.1, -0.05) is 11.6 Å². The molecule has 0 aliphatic heterocycles. The van der Waals surface area contributed by atoms with Gasteiger partial charge in [-0.2, -0.15) is 0 Å². The molecule has 96 valence electrons. The Morgan fingerprint density at radius 1 is 1.59 bits per heavy atom. The highest BCUT2D eigenvalue weighted by Gasteiger charge is 2.20. The average molecular weight is 322 g/mol. The van der Waals surface area contributed by atoms with Crippen LogP contribution >= 0.6 is 27.5 Å². The van der Waals surface area contributed by atoms with E-state index in [0.29, 0.717) is 11.2 Å². The molecule has 0 spiro atoms. The first-order valence-corrected chi connectivity index (χ1v) is 6.64. The Labute approximate surface area is 116 Å². The minimum Gasteiger partial charge on any atom is -0.381 e. The summed E-state index contributed by atoms with van der Waals surface area (Å²) in [4.78, 5) is 4.07. The molecule has 1 atom stereocenters. The van der Waals surface area contributed by atoms with Crippen molar-refractivity contribution in [1.82, 2.24) is 4.98 Å². The first kappa shape index (κ1) is 14.7.